The van der Waals surface area contributed by atoms with Gasteiger partial charge in [-0.15, -0.1) is 11.3 Å². The lowest BCUT2D eigenvalue weighted by Gasteiger charge is -2.34. The zero-order chi connectivity index (χ0) is 24.8. The van der Waals surface area contributed by atoms with E-state index in [4.69, 9.17) is 23.2 Å². The molecule has 3 heterocycles. The molecular weight excluding hydrogens is 529 g/mol. The summed E-state index contributed by atoms with van der Waals surface area (Å²) in [4.78, 5) is 33.1. The van der Waals surface area contributed by atoms with Crippen molar-refractivity contribution in [2.24, 2.45) is 0 Å². The van der Waals surface area contributed by atoms with E-state index in [0.717, 1.165) is 62.4 Å². The molecule has 1 aliphatic rings. The lowest BCUT2D eigenvalue weighted by molar-refractivity contribution is -0.387. The SMILES string of the molecule is O=C(NCCN1CCN(Cc2ccccc2)CC1)c1cc([N+](=O)[O-])c(Sc2c(Cl)cncc2Cl)s1. The van der Waals surface area contributed by atoms with Crippen molar-refractivity contribution in [1.82, 2.24) is 20.1 Å². The summed E-state index contributed by atoms with van der Waals surface area (Å²) < 4.78 is 0.338. The van der Waals surface area contributed by atoms with Crippen molar-refractivity contribution in [3.05, 3.63) is 79.4 Å². The van der Waals surface area contributed by atoms with Gasteiger partial charge in [0.25, 0.3) is 11.6 Å². The minimum atomic E-state index is -0.506. The van der Waals surface area contributed by atoms with Crippen molar-refractivity contribution >= 4 is 57.9 Å². The third-order valence-corrected chi connectivity index (χ3v) is 8.79. The maximum Gasteiger partial charge on any atom is 0.294 e. The third kappa shape index (κ3) is 6.93. The van der Waals surface area contributed by atoms with E-state index in [1.807, 2.05) is 6.07 Å². The number of carbonyl (C=O) groups is 1. The number of nitrogens with one attached hydrogen (secondary N) is 1. The fraction of sp³-hybridized carbons (Fsp3) is 0.304. The van der Waals surface area contributed by atoms with E-state index in [1.54, 1.807) is 0 Å². The number of amides is 1. The van der Waals surface area contributed by atoms with Crippen LogP contribution >= 0.6 is 46.3 Å². The fourth-order valence-corrected chi connectivity index (χ4v) is 6.47. The van der Waals surface area contributed by atoms with E-state index in [2.05, 4.69) is 44.4 Å². The molecule has 12 heteroatoms. The molecule has 1 N–H and O–H groups in total. The van der Waals surface area contributed by atoms with Gasteiger partial charge in [-0.1, -0.05) is 65.3 Å². The van der Waals surface area contributed by atoms with Gasteiger partial charge in [0.15, 0.2) is 0 Å². The van der Waals surface area contributed by atoms with Crippen LogP contribution in [0.4, 0.5) is 5.69 Å². The molecule has 2 aromatic heterocycles. The first-order chi connectivity index (χ1) is 16.9. The summed E-state index contributed by atoms with van der Waals surface area (Å²) in [6.45, 7) is 5.94. The van der Waals surface area contributed by atoms with Crippen LogP contribution in [0.25, 0.3) is 0 Å². The van der Waals surface area contributed by atoms with Gasteiger partial charge in [-0.3, -0.25) is 29.7 Å². The third-order valence-electron chi connectivity index (χ3n) is 5.53. The van der Waals surface area contributed by atoms with Gasteiger partial charge in [0.1, 0.15) is 9.09 Å². The molecule has 0 aliphatic carbocycles. The van der Waals surface area contributed by atoms with Crippen LogP contribution in [0.5, 0.6) is 0 Å². The first-order valence-corrected chi connectivity index (χ1v) is 13.3. The smallest absolute Gasteiger partial charge is 0.294 e. The zero-order valence-electron chi connectivity index (χ0n) is 18.7. The van der Waals surface area contributed by atoms with E-state index >= 15 is 0 Å². The van der Waals surface area contributed by atoms with Crippen molar-refractivity contribution in [1.29, 1.82) is 0 Å². The Bertz CT molecular complexity index is 1170. The number of nitro groups is 1. The van der Waals surface area contributed by atoms with E-state index in [1.165, 1.54) is 24.0 Å². The average Bonchev–Trinajstić information content (AvgIpc) is 3.28. The highest BCUT2D eigenvalue weighted by Gasteiger charge is 2.25. The van der Waals surface area contributed by atoms with Crippen LogP contribution in [0.15, 0.2) is 57.9 Å². The van der Waals surface area contributed by atoms with Gasteiger partial charge in [-0.05, 0) is 5.56 Å². The van der Waals surface area contributed by atoms with Gasteiger partial charge >= 0.3 is 0 Å². The predicted octanol–water partition coefficient (Wildman–Crippen LogP) is 5.06. The number of pyridine rings is 1. The zero-order valence-corrected chi connectivity index (χ0v) is 21.8. The van der Waals surface area contributed by atoms with Crippen LogP contribution in [0.2, 0.25) is 10.0 Å². The minimum Gasteiger partial charge on any atom is -0.350 e. The van der Waals surface area contributed by atoms with Crippen LogP contribution in [-0.2, 0) is 6.54 Å². The summed E-state index contributed by atoms with van der Waals surface area (Å²) in [6.07, 6.45) is 2.84. The van der Waals surface area contributed by atoms with Gasteiger partial charge in [0.05, 0.1) is 19.9 Å². The molecule has 35 heavy (non-hydrogen) atoms. The molecule has 1 saturated heterocycles. The van der Waals surface area contributed by atoms with Crippen molar-refractivity contribution < 1.29 is 9.72 Å². The number of thiophene rings is 1. The Hall–Kier alpha value is -2.21. The molecule has 0 atom stereocenters. The molecule has 184 valence electrons. The van der Waals surface area contributed by atoms with Crippen molar-refractivity contribution in [3.8, 4) is 0 Å². The number of piperazine rings is 1. The molecule has 4 rings (SSSR count). The monoisotopic (exact) mass is 551 g/mol. The molecule has 0 saturated carbocycles. The molecule has 0 unspecified atom stereocenters. The summed E-state index contributed by atoms with van der Waals surface area (Å²) in [5.74, 6) is -0.334. The number of benzene rings is 1. The van der Waals surface area contributed by atoms with Crippen molar-refractivity contribution in [2.75, 3.05) is 39.3 Å². The average molecular weight is 553 g/mol. The largest absolute Gasteiger partial charge is 0.350 e. The molecule has 3 aromatic rings. The molecule has 0 bridgehead atoms. The standard InChI is InChI=1S/C23H23Cl2N5O3S2/c24-17-13-26-14-18(25)21(17)35-23-19(30(32)33)12-20(34-23)22(31)27-6-7-28-8-10-29(11-9-28)15-16-4-2-1-3-5-16/h1-5,12-14H,6-11,15H2,(H,27,31). The maximum absolute atomic E-state index is 12.7. The Morgan fingerprint density at radius 2 is 1.77 bits per heavy atom. The van der Waals surface area contributed by atoms with E-state index < -0.39 is 4.92 Å². The van der Waals surface area contributed by atoms with Gasteiger partial charge in [-0.25, -0.2) is 0 Å². The summed E-state index contributed by atoms with van der Waals surface area (Å²) in [7, 11) is 0. The number of hydrogen-bond acceptors (Lipinski definition) is 8. The molecule has 0 radical (unpaired) electrons. The Kier molecular flexibility index (Phi) is 8.99. The number of hydrogen-bond donors (Lipinski definition) is 1. The molecular formula is C23H23Cl2N5O3S2. The van der Waals surface area contributed by atoms with Crippen molar-refractivity contribution in [3.63, 3.8) is 0 Å². The first-order valence-electron chi connectivity index (χ1n) is 10.9. The van der Waals surface area contributed by atoms with Crippen LogP contribution in [0, 0.1) is 10.1 Å². The normalized spacial score (nSPS) is 14.7. The number of nitrogens with zero attached hydrogens (tertiary/aromatic N) is 4. The summed E-state index contributed by atoms with van der Waals surface area (Å²) in [5.41, 5.74) is 1.16. The Morgan fingerprint density at radius 3 is 2.43 bits per heavy atom. The Labute approximate surface area is 221 Å². The van der Waals surface area contributed by atoms with Crippen LogP contribution in [0.1, 0.15) is 15.2 Å². The highest BCUT2D eigenvalue weighted by Crippen LogP contribution is 2.45. The topological polar surface area (TPSA) is 91.6 Å². The predicted molar refractivity (Wildman–Crippen MR) is 140 cm³/mol. The minimum absolute atomic E-state index is 0.149. The number of halogens is 2. The van der Waals surface area contributed by atoms with Gasteiger partial charge in [0, 0.05) is 64.3 Å². The van der Waals surface area contributed by atoms with E-state index in [9.17, 15) is 14.9 Å². The Morgan fingerprint density at radius 1 is 1.11 bits per heavy atom. The van der Waals surface area contributed by atoms with Gasteiger partial charge in [-0.2, -0.15) is 0 Å². The highest BCUT2D eigenvalue weighted by atomic mass is 35.5. The molecule has 8 nitrogen and oxygen atoms in total. The molecule has 1 aromatic carbocycles. The fourth-order valence-electron chi connectivity index (χ4n) is 3.69. The Balaban J connectivity index is 1.28. The van der Waals surface area contributed by atoms with Gasteiger partial charge < -0.3 is 5.32 Å². The van der Waals surface area contributed by atoms with Gasteiger partial charge in [0.2, 0.25) is 0 Å². The molecule has 1 fully saturated rings. The second-order valence-electron chi connectivity index (χ2n) is 7.93. The number of aromatic nitrogens is 1. The second kappa shape index (κ2) is 12.2. The summed E-state index contributed by atoms with van der Waals surface area (Å²) >= 11 is 14.4. The lowest BCUT2D eigenvalue weighted by atomic mass is 10.2. The van der Waals surface area contributed by atoms with E-state index in [0.29, 0.717) is 25.7 Å². The lowest BCUT2D eigenvalue weighted by Crippen LogP contribution is -2.48. The van der Waals surface area contributed by atoms with Crippen molar-refractivity contribution in [2.45, 2.75) is 15.6 Å². The number of rotatable bonds is 9. The van der Waals surface area contributed by atoms with E-state index in [-0.39, 0.29) is 16.5 Å². The second-order valence-corrected chi connectivity index (χ2v) is 11.1. The highest BCUT2D eigenvalue weighted by molar-refractivity contribution is 8.01. The molecule has 0 spiro atoms. The van der Waals surface area contributed by atoms with Crippen LogP contribution < -0.4 is 5.32 Å². The summed E-state index contributed by atoms with van der Waals surface area (Å²) in [6, 6.07) is 11.7. The quantitative estimate of drug-likeness (QED) is 0.293. The first kappa shape index (κ1) is 25.9. The van der Waals surface area contributed by atoms with Crippen LogP contribution in [-0.4, -0.2) is 64.9 Å². The number of carbonyl (C=O) groups excluding carboxylic acids is 1. The molecule has 1 aliphatic heterocycles. The van der Waals surface area contributed by atoms with Crippen LogP contribution in [0.3, 0.4) is 0 Å². The maximum atomic E-state index is 12.7. The summed E-state index contributed by atoms with van der Waals surface area (Å²) in [5, 5.41) is 15.0. The molecule has 1 amide bonds.